The van der Waals surface area contributed by atoms with Crippen LogP contribution in [0.4, 0.5) is 16.2 Å². The summed E-state index contributed by atoms with van der Waals surface area (Å²) in [6, 6.07) is 12.9. The predicted molar refractivity (Wildman–Crippen MR) is 133 cm³/mol. The van der Waals surface area contributed by atoms with Crippen LogP contribution in [0.3, 0.4) is 0 Å². The van der Waals surface area contributed by atoms with Gasteiger partial charge in [-0.1, -0.05) is 42.0 Å². The molecule has 8 heteroatoms. The summed E-state index contributed by atoms with van der Waals surface area (Å²) in [6.07, 6.45) is -0.755. The highest BCUT2D eigenvalue weighted by atomic mass is 16.5. The Balaban J connectivity index is 1.95. The zero-order valence-electron chi connectivity index (χ0n) is 19.9. The van der Waals surface area contributed by atoms with Crippen molar-refractivity contribution in [1.29, 1.82) is 0 Å². The Hall–Kier alpha value is -3.91. The van der Waals surface area contributed by atoms with Gasteiger partial charge in [0, 0.05) is 12.8 Å². The summed E-state index contributed by atoms with van der Waals surface area (Å²) in [5, 5.41) is 19.2. The van der Waals surface area contributed by atoms with Gasteiger partial charge in [-0.3, -0.25) is 4.79 Å². The van der Waals surface area contributed by atoms with Crippen LogP contribution in [0.5, 0.6) is 0 Å². The number of aryl methyl sites for hydroxylation is 3. The van der Waals surface area contributed by atoms with Crippen molar-refractivity contribution in [2.75, 3.05) is 17.7 Å². The molecule has 0 aliphatic heterocycles. The second kappa shape index (κ2) is 10.4. The van der Waals surface area contributed by atoms with Gasteiger partial charge in [0.05, 0.1) is 17.4 Å². The fraction of sp³-hybridized carbons (Fsp3) is 0.269. The second-order valence-electron chi connectivity index (χ2n) is 8.33. The van der Waals surface area contributed by atoms with Gasteiger partial charge in [-0.25, -0.2) is 9.59 Å². The normalized spacial score (nSPS) is 12.6. The molecule has 0 radical (unpaired) electrons. The van der Waals surface area contributed by atoms with Crippen LogP contribution in [0, 0.1) is 20.8 Å². The number of carboxylic acid groups (broad SMARTS) is 1. The van der Waals surface area contributed by atoms with Gasteiger partial charge >= 0.3 is 12.0 Å². The van der Waals surface area contributed by atoms with E-state index >= 15 is 0 Å². The summed E-state index contributed by atoms with van der Waals surface area (Å²) >= 11 is 0. The van der Waals surface area contributed by atoms with Crippen molar-refractivity contribution in [1.82, 2.24) is 5.32 Å². The lowest BCUT2D eigenvalue weighted by molar-refractivity contribution is -0.142. The average Bonchev–Trinajstić information content (AvgIpc) is 2.78. The Morgan fingerprint density at radius 1 is 0.912 bits per heavy atom. The van der Waals surface area contributed by atoms with Crippen LogP contribution in [-0.4, -0.2) is 42.3 Å². The summed E-state index contributed by atoms with van der Waals surface area (Å²) < 4.78 is 5.10. The molecule has 8 nitrogen and oxygen atoms in total. The van der Waals surface area contributed by atoms with Gasteiger partial charge < -0.3 is 25.8 Å². The van der Waals surface area contributed by atoms with E-state index in [1.54, 1.807) is 19.1 Å². The van der Waals surface area contributed by atoms with Gasteiger partial charge in [0.1, 0.15) is 0 Å². The Labute approximate surface area is 198 Å². The van der Waals surface area contributed by atoms with Gasteiger partial charge in [0.25, 0.3) is 5.91 Å². The molecule has 0 saturated heterocycles. The van der Waals surface area contributed by atoms with Crippen LogP contribution in [-0.2, 0) is 9.53 Å². The van der Waals surface area contributed by atoms with Crippen LogP contribution in [0.1, 0.15) is 34.0 Å². The Kier molecular flexibility index (Phi) is 7.53. The lowest BCUT2D eigenvalue weighted by Gasteiger charge is -2.21. The molecular weight excluding hydrogens is 434 g/mol. The van der Waals surface area contributed by atoms with Crippen molar-refractivity contribution in [2.45, 2.75) is 39.8 Å². The Morgan fingerprint density at radius 3 is 2.06 bits per heavy atom. The molecule has 0 aliphatic carbocycles. The van der Waals surface area contributed by atoms with E-state index in [0.29, 0.717) is 5.69 Å². The number of carboxylic acids is 1. The molecule has 3 amide bonds. The van der Waals surface area contributed by atoms with Gasteiger partial charge in [0.2, 0.25) is 0 Å². The number of carbonyl (C=O) groups excluding carboxylic acids is 2. The zero-order chi connectivity index (χ0) is 25.0. The van der Waals surface area contributed by atoms with E-state index in [0.717, 1.165) is 27.5 Å². The topological polar surface area (TPSA) is 117 Å². The minimum absolute atomic E-state index is 0.140. The smallest absolute Gasteiger partial charge is 0.328 e. The van der Waals surface area contributed by atoms with Gasteiger partial charge in [-0.2, -0.15) is 0 Å². The van der Waals surface area contributed by atoms with Crippen molar-refractivity contribution < 1.29 is 24.2 Å². The largest absolute Gasteiger partial charge is 0.480 e. The van der Waals surface area contributed by atoms with E-state index in [1.807, 2.05) is 57.2 Å². The Morgan fingerprint density at radius 2 is 1.50 bits per heavy atom. The number of amides is 3. The number of hydrogen-bond donors (Lipinski definition) is 4. The van der Waals surface area contributed by atoms with Crippen molar-refractivity contribution in [3.63, 3.8) is 0 Å². The molecule has 34 heavy (non-hydrogen) atoms. The number of rotatable bonds is 7. The number of aliphatic carboxylic acids is 1. The first-order chi connectivity index (χ1) is 16.1. The first-order valence-electron chi connectivity index (χ1n) is 10.9. The van der Waals surface area contributed by atoms with Gasteiger partial charge in [-0.05, 0) is 61.7 Å². The number of hydrogen-bond acceptors (Lipinski definition) is 4. The SMILES string of the molecule is CO[C@H](C)[C@H](NC(=O)c1cc2ccccc2cc1NC(=O)Nc1c(C)cc(C)cc1C)C(=O)O. The molecule has 0 fully saturated rings. The molecule has 0 aromatic heterocycles. The molecule has 0 bridgehead atoms. The first-order valence-corrected chi connectivity index (χ1v) is 10.9. The summed E-state index contributed by atoms with van der Waals surface area (Å²) in [5.74, 6) is -1.86. The summed E-state index contributed by atoms with van der Waals surface area (Å²) in [5.41, 5.74) is 4.01. The summed E-state index contributed by atoms with van der Waals surface area (Å²) in [7, 11) is 1.37. The third-order valence-corrected chi connectivity index (χ3v) is 5.69. The maximum atomic E-state index is 13.1. The van der Waals surface area contributed by atoms with Gasteiger partial charge in [-0.15, -0.1) is 0 Å². The fourth-order valence-corrected chi connectivity index (χ4v) is 3.91. The van der Waals surface area contributed by atoms with E-state index in [1.165, 1.54) is 7.11 Å². The lowest BCUT2D eigenvalue weighted by atomic mass is 10.0. The van der Waals surface area contributed by atoms with E-state index in [4.69, 9.17) is 4.74 Å². The van der Waals surface area contributed by atoms with Crippen molar-refractivity contribution >= 4 is 40.1 Å². The van der Waals surface area contributed by atoms with Crippen LogP contribution in [0.2, 0.25) is 0 Å². The maximum Gasteiger partial charge on any atom is 0.328 e. The molecule has 3 rings (SSSR count). The van der Waals surface area contributed by atoms with Crippen molar-refractivity contribution in [3.05, 3.63) is 70.8 Å². The standard InChI is InChI=1S/C26H29N3O5/c1-14-10-15(2)22(16(3)11-14)29-26(33)27-21-13-19-9-7-6-8-18(19)12-20(21)24(30)28-23(25(31)32)17(4)34-5/h6-13,17,23H,1-5H3,(H,28,30)(H,31,32)(H2,27,29,33)/t17-,23+/m1/s1. The number of fused-ring (bicyclic) bond motifs is 1. The molecule has 0 saturated carbocycles. The monoisotopic (exact) mass is 463 g/mol. The number of methoxy groups -OCH3 is 1. The quantitative estimate of drug-likeness (QED) is 0.408. The third-order valence-electron chi connectivity index (χ3n) is 5.69. The molecule has 4 N–H and O–H groups in total. The van der Waals surface area contributed by atoms with Crippen molar-refractivity contribution in [3.8, 4) is 0 Å². The van der Waals surface area contributed by atoms with Crippen LogP contribution in [0.25, 0.3) is 10.8 Å². The predicted octanol–water partition coefficient (Wildman–Crippen LogP) is 4.63. The highest BCUT2D eigenvalue weighted by molar-refractivity contribution is 6.10. The minimum atomic E-state index is -1.26. The number of carbonyl (C=O) groups is 3. The minimum Gasteiger partial charge on any atom is -0.480 e. The maximum absolute atomic E-state index is 13.1. The lowest BCUT2D eigenvalue weighted by Crippen LogP contribution is -2.48. The van der Waals surface area contributed by atoms with Gasteiger partial charge in [0.15, 0.2) is 6.04 Å². The summed E-state index contributed by atoms with van der Waals surface area (Å²) in [6.45, 7) is 7.36. The van der Waals surface area contributed by atoms with E-state index < -0.39 is 30.1 Å². The second-order valence-corrected chi connectivity index (χ2v) is 8.33. The zero-order valence-corrected chi connectivity index (χ0v) is 19.9. The van der Waals surface area contributed by atoms with Crippen LogP contribution >= 0.6 is 0 Å². The number of benzene rings is 3. The Bertz CT molecular complexity index is 1230. The third kappa shape index (κ3) is 5.52. The van der Waals surface area contributed by atoms with E-state index in [2.05, 4.69) is 16.0 Å². The number of anilines is 2. The first kappa shape index (κ1) is 24.7. The molecular formula is C26H29N3O5. The molecule has 0 unspecified atom stereocenters. The van der Waals surface area contributed by atoms with Crippen LogP contribution in [0.15, 0.2) is 48.5 Å². The molecule has 3 aromatic carbocycles. The number of urea groups is 1. The number of nitrogens with one attached hydrogen (secondary N) is 3. The van der Waals surface area contributed by atoms with E-state index in [-0.39, 0.29) is 11.3 Å². The summed E-state index contributed by atoms with van der Waals surface area (Å²) in [4.78, 5) is 37.7. The fourth-order valence-electron chi connectivity index (χ4n) is 3.91. The molecule has 0 spiro atoms. The molecule has 178 valence electrons. The van der Waals surface area contributed by atoms with Crippen molar-refractivity contribution in [2.24, 2.45) is 0 Å². The highest BCUT2D eigenvalue weighted by Gasteiger charge is 2.28. The molecule has 0 heterocycles. The number of ether oxygens (including phenoxy) is 1. The van der Waals surface area contributed by atoms with Crippen LogP contribution < -0.4 is 16.0 Å². The molecule has 3 aromatic rings. The average molecular weight is 464 g/mol. The highest BCUT2D eigenvalue weighted by Crippen LogP contribution is 2.26. The van der Waals surface area contributed by atoms with E-state index in [9.17, 15) is 19.5 Å². The molecule has 2 atom stereocenters. The molecule has 0 aliphatic rings.